The van der Waals surface area contributed by atoms with Crippen molar-refractivity contribution in [3.05, 3.63) is 41.1 Å². The van der Waals surface area contributed by atoms with Crippen molar-refractivity contribution >= 4 is 10.9 Å². The number of rotatable bonds is 5. The van der Waals surface area contributed by atoms with Crippen LogP contribution >= 0.6 is 0 Å². The maximum Gasteiger partial charge on any atom is 0.0708 e. The summed E-state index contributed by atoms with van der Waals surface area (Å²) in [6, 6.07) is 9.76. The second-order valence-electron chi connectivity index (χ2n) is 6.93. The van der Waals surface area contributed by atoms with Gasteiger partial charge in [0.1, 0.15) is 0 Å². The predicted octanol–water partition coefficient (Wildman–Crippen LogP) is 4.95. The van der Waals surface area contributed by atoms with Gasteiger partial charge in [-0.15, -0.1) is 0 Å². The SMILES string of the molecule is CCc1ccc2nc(C(C)C)cc(CNC3CCCC3)c2c1. The lowest BCUT2D eigenvalue weighted by molar-refractivity contribution is 0.525. The second-order valence-corrected chi connectivity index (χ2v) is 6.93. The molecule has 3 rings (SSSR count). The van der Waals surface area contributed by atoms with Crippen LogP contribution < -0.4 is 5.32 Å². The third-order valence-corrected chi connectivity index (χ3v) is 4.91. The summed E-state index contributed by atoms with van der Waals surface area (Å²) >= 11 is 0. The van der Waals surface area contributed by atoms with E-state index < -0.39 is 0 Å². The summed E-state index contributed by atoms with van der Waals surface area (Å²) in [4.78, 5) is 4.86. The minimum atomic E-state index is 0.473. The molecule has 2 nitrogen and oxygen atoms in total. The van der Waals surface area contributed by atoms with E-state index in [0.29, 0.717) is 12.0 Å². The number of fused-ring (bicyclic) bond motifs is 1. The Morgan fingerprint density at radius 3 is 2.64 bits per heavy atom. The number of aryl methyl sites for hydroxylation is 1. The van der Waals surface area contributed by atoms with E-state index in [1.54, 1.807) is 0 Å². The molecule has 0 bridgehead atoms. The molecular weight excluding hydrogens is 268 g/mol. The van der Waals surface area contributed by atoms with Gasteiger partial charge in [-0.3, -0.25) is 4.98 Å². The average molecular weight is 296 g/mol. The van der Waals surface area contributed by atoms with Crippen molar-refractivity contribution in [1.82, 2.24) is 10.3 Å². The minimum absolute atomic E-state index is 0.473. The number of hydrogen-bond acceptors (Lipinski definition) is 2. The molecule has 1 aliphatic carbocycles. The molecule has 2 heteroatoms. The van der Waals surface area contributed by atoms with E-state index >= 15 is 0 Å². The van der Waals surface area contributed by atoms with E-state index in [-0.39, 0.29) is 0 Å². The number of aromatic nitrogens is 1. The predicted molar refractivity (Wildman–Crippen MR) is 94.3 cm³/mol. The zero-order valence-corrected chi connectivity index (χ0v) is 14.2. The highest BCUT2D eigenvalue weighted by atomic mass is 14.9. The summed E-state index contributed by atoms with van der Waals surface area (Å²) in [5.74, 6) is 0.473. The zero-order chi connectivity index (χ0) is 15.5. The highest BCUT2D eigenvalue weighted by Crippen LogP contribution is 2.25. The molecule has 0 spiro atoms. The summed E-state index contributed by atoms with van der Waals surface area (Å²) in [5, 5.41) is 5.09. The van der Waals surface area contributed by atoms with Crippen molar-refractivity contribution in [2.75, 3.05) is 0 Å². The number of nitrogens with zero attached hydrogens (tertiary/aromatic N) is 1. The second kappa shape index (κ2) is 6.78. The number of hydrogen-bond donors (Lipinski definition) is 1. The van der Waals surface area contributed by atoms with Crippen LogP contribution in [0.2, 0.25) is 0 Å². The molecule has 0 aliphatic heterocycles. The van der Waals surface area contributed by atoms with E-state index in [2.05, 4.69) is 50.4 Å². The molecule has 1 N–H and O–H groups in total. The number of benzene rings is 1. The van der Waals surface area contributed by atoms with Gasteiger partial charge >= 0.3 is 0 Å². The maximum atomic E-state index is 4.86. The van der Waals surface area contributed by atoms with Crippen molar-refractivity contribution in [2.24, 2.45) is 0 Å². The third kappa shape index (κ3) is 3.33. The fourth-order valence-electron chi connectivity index (χ4n) is 3.41. The topological polar surface area (TPSA) is 24.9 Å². The monoisotopic (exact) mass is 296 g/mol. The van der Waals surface area contributed by atoms with Gasteiger partial charge < -0.3 is 5.32 Å². The Labute approximate surface area is 134 Å². The molecule has 118 valence electrons. The molecule has 0 atom stereocenters. The Kier molecular flexibility index (Phi) is 4.77. The van der Waals surface area contributed by atoms with Crippen LogP contribution in [0.3, 0.4) is 0 Å². The van der Waals surface area contributed by atoms with E-state index in [1.165, 1.54) is 47.9 Å². The van der Waals surface area contributed by atoms with Gasteiger partial charge in [-0.2, -0.15) is 0 Å². The molecule has 1 fully saturated rings. The lowest BCUT2D eigenvalue weighted by Gasteiger charge is -2.16. The van der Waals surface area contributed by atoms with Gasteiger partial charge in [0, 0.05) is 23.7 Å². The lowest BCUT2D eigenvalue weighted by Crippen LogP contribution is -2.25. The van der Waals surface area contributed by atoms with Crippen LogP contribution in [0.1, 0.15) is 69.2 Å². The highest BCUT2D eigenvalue weighted by molar-refractivity contribution is 5.83. The molecule has 2 aromatic rings. The van der Waals surface area contributed by atoms with Crippen molar-refractivity contribution in [3.63, 3.8) is 0 Å². The van der Waals surface area contributed by atoms with E-state index in [0.717, 1.165) is 18.5 Å². The summed E-state index contributed by atoms with van der Waals surface area (Å²) in [7, 11) is 0. The van der Waals surface area contributed by atoms with E-state index in [9.17, 15) is 0 Å². The third-order valence-electron chi connectivity index (χ3n) is 4.91. The first-order valence-electron chi connectivity index (χ1n) is 8.83. The highest BCUT2D eigenvalue weighted by Gasteiger charge is 2.15. The van der Waals surface area contributed by atoms with Gasteiger partial charge in [0.2, 0.25) is 0 Å². The van der Waals surface area contributed by atoms with Crippen molar-refractivity contribution in [3.8, 4) is 0 Å². The van der Waals surface area contributed by atoms with Gasteiger partial charge in [-0.1, -0.05) is 39.7 Å². The van der Waals surface area contributed by atoms with E-state index in [4.69, 9.17) is 4.98 Å². The molecule has 1 heterocycles. The van der Waals surface area contributed by atoms with Crippen LogP contribution in [0.25, 0.3) is 10.9 Å². The quantitative estimate of drug-likeness (QED) is 0.844. The fraction of sp³-hybridized carbons (Fsp3) is 0.550. The molecule has 1 aliphatic rings. The molecular formula is C20H28N2. The first-order chi connectivity index (χ1) is 10.7. The summed E-state index contributed by atoms with van der Waals surface area (Å²) in [6.45, 7) is 7.63. The summed E-state index contributed by atoms with van der Waals surface area (Å²) in [5.41, 5.74) is 5.16. The van der Waals surface area contributed by atoms with E-state index in [1.807, 2.05) is 0 Å². The Morgan fingerprint density at radius 2 is 1.95 bits per heavy atom. The van der Waals surface area contributed by atoms with Crippen molar-refractivity contribution < 1.29 is 0 Å². The average Bonchev–Trinajstić information content (AvgIpc) is 3.05. The van der Waals surface area contributed by atoms with Gasteiger partial charge in [-0.25, -0.2) is 0 Å². The maximum absolute atomic E-state index is 4.86. The van der Waals surface area contributed by atoms with Crippen LogP contribution in [-0.2, 0) is 13.0 Å². The van der Waals surface area contributed by atoms with Crippen LogP contribution in [0.15, 0.2) is 24.3 Å². The zero-order valence-electron chi connectivity index (χ0n) is 14.2. The standard InChI is InChI=1S/C20H28N2/c1-4-15-9-10-19-18(11-15)16(12-20(22-19)14(2)3)13-21-17-7-5-6-8-17/h9-12,14,17,21H,4-8,13H2,1-3H3. The largest absolute Gasteiger partial charge is 0.310 e. The molecule has 22 heavy (non-hydrogen) atoms. The lowest BCUT2D eigenvalue weighted by atomic mass is 10.00. The molecule has 1 aromatic heterocycles. The first kappa shape index (κ1) is 15.5. The van der Waals surface area contributed by atoms with Crippen LogP contribution in [0.5, 0.6) is 0 Å². The van der Waals surface area contributed by atoms with Crippen LogP contribution in [0, 0.1) is 0 Å². The fourth-order valence-corrected chi connectivity index (χ4v) is 3.41. The molecule has 0 radical (unpaired) electrons. The Hall–Kier alpha value is -1.41. The molecule has 0 saturated heterocycles. The van der Waals surface area contributed by atoms with Gasteiger partial charge in [0.25, 0.3) is 0 Å². The molecule has 0 unspecified atom stereocenters. The van der Waals surface area contributed by atoms with Crippen molar-refractivity contribution in [1.29, 1.82) is 0 Å². The Balaban J connectivity index is 1.95. The molecule has 0 amide bonds. The van der Waals surface area contributed by atoms with Crippen LogP contribution in [-0.4, -0.2) is 11.0 Å². The van der Waals surface area contributed by atoms with Gasteiger partial charge in [0.15, 0.2) is 0 Å². The summed E-state index contributed by atoms with van der Waals surface area (Å²) in [6.07, 6.45) is 6.51. The smallest absolute Gasteiger partial charge is 0.0708 e. The molecule has 1 saturated carbocycles. The number of nitrogens with one attached hydrogen (secondary N) is 1. The van der Waals surface area contributed by atoms with Crippen molar-refractivity contribution in [2.45, 2.75) is 71.4 Å². The summed E-state index contributed by atoms with van der Waals surface area (Å²) < 4.78 is 0. The normalized spacial score (nSPS) is 16.0. The minimum Gasteiger partial charge on any atom is -0.310 e. The van der Waals surface area contributed by atoms with Gasteiger partial charge in [-0.05, 0) is 54.5 Å². The van der Waals surface area contributed by atoms with Gasteiger partial charge in [0.05, 0.1) is 5.52 Å². The molecule has 1 aromatic carbocycles. The first-order valence-corrected chi connectivity index (χ1v) is 8.83. The Morgan fingerprint density at radius 1 is 1.18 bits per heavy atom. The number of pyridine rings is 1. The van der Waals surface area contributed by atoms with Crippen LogP contribution in [0.4, 0.5) is 0 Å². The Bertz CT molecular complexity index is 639.